The van der Waals surface area contributed by atoms with Gasteiger partial charge in [0.2, 0.25) is 0 Å². The Balaban J connectivity index is 1.58. The van der Waals surface area contributed by atoms with Crippen LogP contribution in [0, 0.1) is 23.0 Å². The van der Waals surface area contributed by atoms with Crippen LogP contribution >= 0.6 is 0 Å². The number of amidine groups is 1. The molecule has 3 aliphatic rings. The van der Waals surface area contributed by atoms with Gasteiger partial charge in [-0.1, -0.05) is 0 Å². The minimum Gasteiger partial charge on any atom is -0.383 e. The van der Waals surface area contributed by atoms with E-state index in [1.807, 2.05) is 13.0 Å². The van der Waals surface area contributed by atoms with Gasteiger partial charge in [0, 0.05) is 50.7 Å². The Kier molecular flexibility index (Phi) is 5.02. The van der Waals surface area contributed by atoms with Crippen molar-refractivity contribution in [1.82, 2.24) is 4.90 Å². The van der Waals surface area contributed by atoms with Gasteiger partial charge in [-0.25, -0.2) is 18.8 Å². The molecule has 156 valence electrons. The number of hydrogen-bond donors (Lipinski definition) is 1. The number of carbonyl (C=O) groups excluding carboxylic acids is 1. The van der Waals surface area contributed by atoms with Crippen LogP contribution in [0.15, 0.2) is 33.9 Å². The maximum Gasteiger partial charge on any atom is 0.251 e. The van der Waals surface area contributed by atoms with Crippen molar-refractivity contribution in [3.05, 3.63) is 41.1 Å². The molecule has 0 unspecified atom stereocenters. The largest absolute Gasteiger partial charge is 0.383 e. The average Bonchev–Trinajstić information content (AvgIpc) is 2.76. The van der Waals surface area contributed by atoms with E-state index in [0.717, 1.165) is 12.1 Å². The Morgan fingerprint density at radius 2 is 1.97 bits per heavy atom. The zero-order valence-corrected chi connectivity index (χ0v) is 16.7. The van der Waals surface area contributed by atoms with Gasteiger partial charge in [-0.3, -0.25) is 4.79 Å². The van der Waals surface area contributed by atoms with E-state index in [9.17, 15) is 13.6 Å². The SMILES string of the molecule is CCN1c2c(F)ccc(F)c2C(N)=NC12CCN(C(=O)C1=CN=C(C#N)CC1)CC2. The highest BCUT2D eigenvalue weighted by atomic mass is 19.1. The minimum atomic E-state index is -0.815. The van der Waals surface area contributed by atoms with Crippen LogP contribution in [0.1, 0.15) is 38.2 Å². The molecule has 9 heteroatoms. The molecule has 0 radical (unpaired) electrons. The van der Waals surface area contributed by atoms with Crippen LogP contribution in [0.25, 0.3) is 0 Å². The summed E-state index contributed by atoms with van der Waals surface area (Å²) in [4.78, 5) is 25.0. The lowest BCUT2D eigenvalue weighted by atomic mass is 9.90. The van der Waals surface area contributed by atoms with E-state index in [1.54, 1.807) is 9.80 Å². The van der Waals surface area contributed by atoms with Gasteiger partial charge in [0.1, 0.15) is 34.9 Å². The summed E-state index contributed by atoms with van der Waals surface area (Å²) in [7, 11) is 0. The Morgan fingerprint density at radius 1 is 1.27 bits per heavy atom. The van der Waals surface area contributed by atoms with Crippen molar-refractivity contribution in [2.24, 2.45) is 15.7 Å². The van der Waals surface area contributed by atoms with E-state index in [-0.39, 0.29) is 23.0 Å². The van der Waals surface area contributed by atoms with Crippen molar-refractivity contribution in [2.75, 3.05) is 24.5 Å². The van der Waals surface area contributed by atoms with Crippen LogP contribution in [0.3, 0.4) is 0 Å². The molecule has 1 aromatic carbocycles. The first-order chi connectivity index (χ1) is 14.4. The highest BCUT2D eigenvalue weighted by molar-refractivity contribution is 6.05. The lowest BCUT2D eigenvalue weighted by Gasteiger charge is -2.49. The lowest BCUT2D eigenvalue weighted by Crippen LogP contribution is -2.58. The molecule has 3 aliphatic heterocycles. The summed E-state index contributed by atoms with van der Waals surface area (Å²) in [6.45, 7) is 3.10. The normalized spacial score (nSPS) is 20.1. The number of nitriles is 1. The van der Waals surface area contributed by atoms with Crippen LogP contribution < -0.4 is 10.6 Å². The summed E-state index contributed by atoms with van der Waals surface area (Å²) in [5.41, 5.74) is 6.37. The molecular weight excluding hydrogens is 390 g/mol. The maximum atomic E-state index is 14.7. The van der Waals surface area contributed by atoms with Crippen molar-refractivity contribution in [3.8, 4) is 6.07 Å². The maximum absolute atomic E-state index is 14.7. The van der Waals surface area contributed by atoms with E-state index in [1.165, 1.54) is 6.20 Å². The number of hydrogen-bond acceptors (Lipinski definition) is 6. The quantitative estimate of drug-likeness (QED) is 0.807. The summed E-state index contributed by atoms with van der Waals surface area (Å²) in [6.07, 6.45) is 3.30. The molecule has 1 saturated heterocycles. The second-order valence-corrected chi connectivity index (χ2v) is 7.61. The third kappa shape index (κ3) is 3.12. The van der Waals surface area contributed by atoms with Gasteiger partial charge in [0.25, 0.3) is 5.91 Å². The van der Waals surface area contributed by atoms with Crippen LogP contribution in [0.2, 0.25) is 0 Å². The van der Waals surface area contributed by atoms with Gasteiger partial charge >= 0.3 is 0 Å². The van der Waals surface area contributed by atoms with Crippen LogP contribution in [0.4, 0.5) is 14.5 Å². The number of halogens is 2. The zero-order valence-electron chi connectivity index (χ0n) is 16.7. The van der Waals surface area contributed by atoms with Crippen molar-refractivity contribution >= 4 is 23.1 Å². The second kappa shape index (κ2) is 7.52. The highest BCUT2D eigenvalue weighted by Crippen LogP contribution is 2.42. The molecule has 7 nitrogen and oxygen atoms in total. The van der Waals surface area contributed by atoms with Gasteiger partial charge in [0.15, 0.2) is 0 Å². The van der Waals surface area contributed by atoms with Crippen LogP contribution in [0.5, 0.6) is 0 Å². The number of amides is 1. The standard InChI is InChI=1S/C21H22F2N6O/c1-2-29-18-16(23)6-5-15(22)17(18)19(25)27-21(29)7-9-28(10-8-21)20(30)13-3-4-14(11-24)26-12-13/h5-6,12H,2-4,7-10H2,1H3,(H2,25,27). The number of nitrogens with zero attached hydrogens (tertiary/aromatic N) is 5. The van der Waals surface area contributed by atoms with E-state index in [2.05, 4.69) is 9.98 Å². The number of anilines is 1. The first-order valence-corrected chi connectivity index (χ1v) is 9.96. The summed E-state index contributed by atoms with van der Waals surface area (Å²) in [6, 6.07) is 4.17. The molecule has 30 heavy (non-hydrogen) atoms. The molecule has 4 rings (SSSR count). The summed E-state index contributed by atoms with van der Waals surface area (Å²) in [5.74, 6) is -1.27. The molecule has 3 heterocycles. The molecule has 0 saturated carbocycles. The summed E-state index contributed by atoms with van der Waals surface area (Å²) < 4.78 is 29.0. The fourth-order valence-electron chi connectivity index (χ4n) is 4.49. The number of likely N-dealkylation sites (tertiary alicyclic amines) is 1. The highest BCUT2D eigenvalue weighted by Gasteiger charge is 2.45. The molecule has 0 aliphatic carbocycles. The predicted molar refractivity (Wildman–Crippen MR) is 109 cm³/mol. The Hall–Kier alpha value is -3.28. The monoisotopic (exact) mass is 412 g/mol. The molecule has 1 spiro atoms. The van der Waals surface area contributed by atoms with Crippen molar-refractivity contribution < 1.29 is 13.6 Å². The van der Waals surface area contributed by atoms with Crippen molar-refractivity contribution in [2.45, 2.75) is 38.3 Å². The molecule has 1 aromatic rings. The van der Waals surface area contributed by atoms with Gasteiger partial charge in [-0.05, 0) is 25.5 Å². The van der Waals surface area contributed by atoms with Gasteiger partial charge in [-0.2, -0.15) is 5.26 Å². The average molecular weight is 412 g/mol. The number of fused-ring (bicyclic) bond motifs is 1. The molecule has 1 amide bonds. The number of nitrogens with two attached hydrogens (primary N) is 1. The fourth-order valence-corrected chi connectivity index (χ4v) is 4.49. The van der Waals surface area contributed by atoms with E-state index in [0.29, 0.717) is 56.6 Å². The van der Waals surface area contributed by atoms with Gasteiger partial charge < -0.3 is 15.5 Å². The Bertz CT molecular complexity index is 1030. The molecular formula is C21H22F2N6O. The lowest BCUT2D eigenvalue weighted by molar-refractivity contribution is -0.128. The second-order valence-electron chi connectivity index (χ2n) is 7.61. The van der Waals surface area contributed by atoms with Crippen LogP contribution in [-0.2, 0) is 4.79 Å². The number of aliphatic imine (C=N–C) groups is 2. The first kappa shape index (κ1) is 20.0. The third-order valence-electron chi connectivity index (χ3n) is 6.01. The number of carbonyl (C=O) groups is 1. The minimum absolute atomic E-state index is 0.000462. The molecule has 1 fully saturated rings. The third-order valence-corrected chi connectivity index (χ3v) is 6.01. The van der Waals surface area contributed by atoms with E-state index in [4.69, 9.17) is 11.0 Å². The van der Waals surface area contributed by atoms with Crippen molar-refractivity contribution in [1.29, 1.82) is 5.26 Å². The Labute approximate surface area is 173 Å². The van der Waals surface area contributed by atoms with Crippen molar-refractivity contribution in [3.63, 3.8) is 0 Å². The van der Waals surface area contributed by atoms with Gasteiger partial charge in [0.05, 0.1) is 11.3 Å². The Morgan fingerprint density at radius 3 is 2.57 bits per heavy atom. The zero-order chi connectivity index (χ0) is 21.5. The predicted octanol–water partition coefficient (Wildman–Crippen LogP) is 2.47. The molecule has 0 aromatic heterocycles. The molecule has 2 N–H and O–H groups in total. The fraction of sp³-hybridized carbons (Fsp3) is 0.429. The number of rotatable bonds is 2. The van der Waals surface area contributed by atoms with E-state index < -0.39 is 17.3 Å². The van der Waals surface area contributed by atoms with Crippen LogP contribution in [-0.4, -0.2) is 47.7 Å². The smallest absolute Gasteiger partial charge is 0.251 e. The molecule has 0 bridgehead atoms. The van der Waals surface area contributed by atoms with Gasteiger partial charge in [-0.15, -0.1) is 0 Å². The van der Waals surface area contributed by atoms with E-state index >= 15 is 0 Å². The summed E-state index contributed by atoms with van der Waals surface area (Å²) >= 11 is 0. The molecule has 0 atom stereocenters. The topological polar surface area (TPSA) is 98.1 Å². The first-order valence-electron chi connectivity index (χ1n) is 9.96. The number of piperidine rings is 1. The number of benzene rings is 1. The summed E-state index contributed by atoms with van der Waals surface area (Å²) in [5, 5.41) is 8.90.